The summed E-state index contributed by atoms with van der Waals surface area (Å²) in [7, 11) is 0. The number of carboxylic acid groups (broad SMARTS) is 1. The minimum absolute atomic E-state index is 0.0341. The van der Waals surface area contributed by atoms with Crippen molar-refractivity contribution in [3.05, 3.63) is 34.2 Å². The summed E-state index contributed by atoms with van der Waals surface area (Å²) in [6.45, 7) is 2.64. The van der Waals surface area contributed by atoms with Crippen molar-refractivity contribution in [3.63, 3.8) is 0 Å². The number of carboxylic acids is 1. The maximum atomic E-state index is 10.8. The third-order valence-corrected chi connectivity index (χ3v) is 3.67. The van der Waals surface area contributed by atoms with Gasteiger partial charge in [-0.3, -0.25) is 0 Å². The third kappa shape index (κ3) is 3.58. The number of nitrogens with zero attached hydrogens (tertiary/aromatic N) is 2. The molecule has 0 unspecified atom stereocenters. The molecular weight excluding hydrogens is 288 g/mol. The van der Waals surface area contributed by atoms with Crippen molar-refractivity contribution in [3.8, 4) is 23.1 Å². The quantitative estimate of drug-likeness (QED) is 0.825. The van der Waals surface area contributed by atoms with Gasteiger partial charge in [0.2, 0.25) is 5.01 Å². The van der Waals surface area contributed by atoms with Crippen LogP contribution < -0.4 is 4.74 Å². The number of carbonyl (C=O) groups is 1. The fourth-order valence-corrected chi connectivity index (χ4v) is 2.40. The molecule has 5 nitrogen and oxygen atoms in total. The van der Waals surface area contributed by atoms with E-state index in [4.69, 9.17) is 9.84 Å². The second kappa shape index (κ2) is 6.86. The lowest BCUT2D eigenvalue weighted by atomic mass is 10.1. The van der Waals surface area contributed by atoms with Crippen LogP contribution in [-0.2, 0) is 0 Å². The van der Waals surface area contributed by atoms with Crippen molar-refractivity contribution >= 4 is 17.3 Å². The molecule has 0 bridgehead atoms. The van der Waals surface area contributed by atoms with Crippen molar-refractivity contribution in [2.24, 2.45) is 0 Å². The van der Waals surface area contributed by atoms with E-state index in [0.29, 0.717) is 29.2 Å². The van der Waals surface area contributed by atoms with Crippen LogP contribution in [0.4, 0.5) is 0 Å². The Morgan fingerprint density at radius 3 is 2.95 bits per heavy atom. The zero-order valence-corrected chi connectivity index (χ0v) is 12.3. The zero-order chi connectivity index (χ0) is 15.2. The molecule has 1 N–H and O–H groups in total. The lowest BCUT2D eigenvalue weighted by molar-refractivity contribution is 0.0696. The summed E-state index contributed by atoms with van der Waals surface area (Å²) in [5, 5.41) is 19.8. The van der Waals surface area contributed by atoms with Crippen LogP contribution in [0.1, 0.15) is 35.1 Å². The first-order chi connectivity index (χ1) is 10.2. The number of rotatable bonds is 6. The monoisotopic (exact) mass is 302 g/mol. The molecule has 21 heavy (non-hydrogen) atoms. The smallest absolute Gasteiger partial charge is 0.365 e. The average Bonchev–Trinajstić information content (AvgIpc) is 2.98. The number of hydrogen-bond donors (Lipinski definition) is 1. The van der Waals surface area contributed by atoms with Crippen molar-refractivity contribution in [1.29, 1.82) is 5.26 Å². The zero-order valence-electron chi connectivity index (χ0n) is 11.5. The molecule has 2 aromatic rings. The van der Waals surface area contributed by atoms with E-state index in [1.54, 1.807) is 23.6 Å². The number of unbranched alkanes of at least 4 members (excludes halogenated alkanes) is 1. The molecule has 0 spiro atoms. The lowest BCUT2D eigenvalue weighted by Crippen LogP contribution is -1.99. The molecule has 0 aliphatic heterocycles. The molecule has 1 aromatic heterocycles. The van der Waals surface area contributed by atoms with Crippen LogP contribution in [0.5, 0.6) is 5.75 Å². The molecule has 0 saturated carbocycles. The Balaban J connectivity index is 2.25. The van der Waals surface area contributed by atoms with E-state index < -0.39 is 5.97 Å². The van der Waals surface area contributed by atoms with Crippen molar-refractivity contribution in [2.45, 2.75) is 19.8 Å². The Morgan fingerprint density at radius 1 is 1.52 bits per heavy atom. The minimum Gasteiger partial charge on any atom is -0.492 e. The summed E-state index contributed by atoms with van der Waals surface area (Å²) >= 11 is 1.06. The Morgan fingerprint density at radius 2 is 2.33 bits per heavy atom. The van der Waals surface area contributed by atoms with Gasteiger partial charge >= 0.3 is 5.97 Å². The molecule has 1 aromatic carbocycles. The fraction of sp³-hybridized carbons (Fsp3) is 0.267. The second-order valence-corrected chi connectivity index (χ2v) is 5.23. The minimum atomic E-state index is -1.05. The van der Waals surface area contributed by atoms with Crippen LogP contribution in [0, 0.1) is 11.3 Å². The first-order valence-corrected chi connectivity index (χ1v) is 7.39. The van der Waals surface area contributed by atoms with Gasteiger partial charge in [-0.15, -0.1) is 11.3 Å². The molecule has 0 amide bonds. The van der Waals surface area contributed by atoms with E-state index in [1.165, 1.54) is 0 Å². The van der Waals surface area contributed by atoms with Gasteiger partial charge in [0.25, 0.3) is 0 Å². The van der Waals surface area contributed by atoms with Crippen LogP contribution in [-0.4, -0.2) is 22.7 Å². The Hall–Kier alpha value is -2.39. The van der Waals surface area contributed by atoms with E-state index in [2.05, 4.69) is 18.0 Å². The highest BCUT2D eigenvalue weighted by Gasteiger charge is 2.12. The van der Waals surface area contributed by atoms with Crippen LogP contribution in [0.2, 0.25) is 0 Å². The maximum Gasteiger partial charge on any atom is 0.365 e. The highest BCUT2D eigenvalue weighted by molar-refractivity contribution is 7.11. The first kappa shape index (κ1) is 15.0. The number of aromatic carboxylic acids is 1. The normalized spacial score (nSPS) is 10.1. The molecule has 0 atom stereocenters. The second-order valence-electron chi connectivity index (χ2n) is 4.37. The summed E-state index contributed by atoms with van der Waals surface area (Å²) in [5.41, 5.74) is 1.68. The third-order valence-electron chi connectivity index (χ3n) is 2.84. The number of thiazole rings is 1. The number of nitriles is 1. The predicted octanol–water partition coefficient (Wildman–Crippen LogP) is 3.56. The highest BCUT2D eigenvalue weighted by atomic mass is 32.1. The molecule has 108 valence electrons. The standard InChI is InChI=1S/C15H14N2O3S/c1-2-3-6-20-13-5-4-10(7-11(13)8-16)12-9-21-14(17-12)15(18)19/h4-5,7,9H,2-3,6H2,1H3,(H,18,19). The van der Waals surface area contributed by atoms with Gasteiger partial charge in [-0.05, 0) is 24.6 Å². The van der Waals surface area contributed by atoms with Gasteiger partial charge in [0.05, 0.1) is 17.9 Å². The maximum absolute atomic E-state index is 10.8. The van der Waals surface area contributed by atoms with E-state index in [9.17, 15) is 10.1 Å². The Bertz CT molecular complexity index is 688. The van der Waals surface area contributed by atoms with Crippen LogP contribution in [0.3, 0.4) is 0 Å². The average molecular weight is 302 g/mol. The molecule has 0 aliphatic rings. The lowest BCUT2D eigenvalue weighted by Gasteiger charge is -2.08. The number of hydrogen-bond acceptors (Lipinski definition) is 5. The number of ether oxygens (including phenoxy) is 1. The largest absolute Gasteiger partial charge is 0.492 e. The summed E-state index contributed by atoms with van der Waals surface area (Å²) in [4.78, 5) is 14.9. The van der Waals surface area contributed by atoms with Gasteiger partial charge in [0, 0.05) is 10.9 Å². The SMILES string of the molecule is CCCCOc1ccc(-c2csc(C(=O)O)n2)cc1C#N. The fourth-order valence-electron chi connectivity index (χ4n) is 1.73. The number of benzene rings is 1. The molecule has 6 heteroatoms. The summed E-state index contributed by atoms with van der Waals surface area (Å²) in [5.74, 6) is -0.505. The van der Waals surface area contributed by atoms with E-state index in [-0.39, 0.29) is 5.01 Å². The molecule has 1 heterocycles. The number of aromatic nitrogens is 1. The van der Waals surface area contributed by atoms with Crippen molar-refractivity contribution < 1.29 is 14.6 Å². The summed E-state index contributed by atoms with van der Waals surface area (Å²) in [6.07, 6.45) is 1.96. The molecular formula is C15H14N2O3S. The van der Waals surface area contributed by atoms with Gasteiger partial charge in [0.1, 0.15) is 11.8 Å². The van der Waals surface area contributed by atoms with Crippen LogP contribution >= 0.6 is 11.3 Å². The topological polar surface area (TPSA) is 83.2 Å². The van der Waals surface area contributed by atoms with Crippen LogP contribution in [0.25, 0.3) is 11.3 Å². The Labute approximate surface area is 126 Å². The van der Waals surface area contributed by atoms with Crippen molar-refractivity contribution in [2.75, 3.05) is 6.61 Å². The summed E-state index contributed by atoms with van der Waals surface area (Å²) in [6, 6.07) is 7.27. The summed E-state index contributed by atoms with van der Waals surface area (Å²) < 4.78 is 5.57. The molecule has 0 aliphatic carbocycles. The Kier molecular flexibility index (Phi) is 4.90. The molecule has 2 rings (SSSR count). The van der Waals surface area contributed by atoms with Gasteiger partial charge in [-0.1, -0.05) is 13.3 Å². The van der Waals surface area contributed by atoms with Crippen LogP contribution in [0.15, 0.2) is 23.6 Å². The van der Waals surface area contributed by atoms with E-state index >= 15 is 0 Å². The van der Waals surface area contributed by atoms with Gasteiger partial charge in [-0.25, -0.2) is 9.78 Å². The predicted molar refractivity (Wildman–Crippen MR) is 79.6 cm³/mol. The molecule has 0 radical (unpaired) electrons. The van der Waals surface area contributed by atoms with Gasteiger partial charge in [0.15, 0.2) is 0 Å². The first-order valence-electron chi connectivity index (χ1n) is 6.51. The molecule has 0 fully saturated rings. The van der Waals surface area contributed by atoms with E-state index in [0.717, 1.165) is 24.2 Å². The van der Waals surface area contributed by atoms with E-state index in [1.807, 2.05) is 0 Å². The van der Waals surface area contributed by atoms with Crippen molar-refractivity contribution in [1.82, 2.24) is 4.98 Å². The van der Waals surface area contributed by atoms with Gasteiger partial charge in [-0.2, -0.15) is 5.26 Å². The molecule has 0 saturated heterocycles. The van der Waals surface area contributed by atoms with Gasteiger partial charge < -0.3 is 9.84 Å². The highest BCUT2D eigenvalue weighted by Crippen LogP contribution is 2.27.